The van der Waals surface area contributed by atoms with Gasteiger partial charge in [0.05, 0.1) is 7.11 Å². The molecule has 0 aliphatic rings. The molecule has 0 amide bonds. The van der Waals surface area contributed by atoms with E-state index < -0.39 is 11.6 Å². The number of carbonyl (C=O) groups excluding carboxylic acids is 1. The van der Waals surface area contributed by atoms with E-state index in [4.69, 9.17) is 4.74 Å². The molecule has 0 heterocycles. The lowest BCUT2D eigenvalue weighted by atomic mass is 10.1. The average Bonchev–Trinajstić information content (AvgIpc) is 2.24. The van der Waals surface area contributed by atoms with Crippen molar-refractivity contribution in [3.63, 3.8) is 0 Å². The number of aryl methyl sites for hydroxylation is 2. The van der Waals surface area contributed by atoms with Crippen LogP contribution in [0.4, 0.5) is 0 Å². The van der Waals surface area contributed by atoms with Crippen molar-refractivity contribution in [2.24, 2.45) is 0 Å². The van der Waals surface area contributed by atoms with Gasteiger partial charge in [0.1, 0.15) is 12.4 Å². The van der Waals surface area contributed by atoms with E-state index in [-0.39, 0.29) is 6.61 Å². The molecule has 0 spiro atoms. The first kappa shape index (κ1) is 13.5. The summed E-state index contributed by atoms with van der Waals surface area (Å²) in [5.74, 6) is -0.0754. The highest BCUT2D eigenvalue weighted by molar-refractivity contribution is 5.78. The summed E-state index contributed by atoms with van der Waals surface area (Å²) in [5, 5.41) is 9.78. The summed E-state index contributed by atoms with van der Waals surface area (Å²) in [6, 6.07) is 5.71. The van der Waals surface area contributed by atoms with Crippen LogP contribution in [0, 0.1) is 13.8 Å². The number of benzene rings is 1. The normalized spacial score (nSPS) is 13.9. The molecule has 1 atom stereocenters. The van der Waals surface area contributed by atoms with Crippen molar-refractivity contribution in [3.8, 4) is 5.75 Å². The molecular formula is C13H18O4. The van der Waals surface area contributed by atoms with Gasteiger partial charge in [0.25, 0.3) is 0 Å². The van der Waals surface area contributed by atoms with Gasteiger partial charge in [0.2, 0.25) is 0 Å². The maximum atomic E-state index is 11.2. The lowest BCUT2D eigenvalue weighted by Crippen LogP contribution is -2.42. The lowest BCUT2D eigenvalue weighted by molar-refractivity contribution is -0.163. The Labute approximate surface area is 101 Å². The molecule has 0 saturated heterocycles. The standard InChI is InChI=1S/C13H18O4/c1-9-5-10(2)7-11(6-9)17-8-13(3,15)12(14)16-4/h5-7,15H,8H2,1-4H3. The minimum atomic E-state index is -1.63. The van der Waals surface area contributed by atoms with Gasteiger partial charge in [-0.1, -0.05) is 6.07 Å². The Morgan fingerprint density at radius 2 is 1.82 bits per heavy atom. The maximum Gasteiger partial charge on any atom is 0.341 e. The summed E-state index contributed by atoms with van der Waals surface area (Å²) in [7, 11) is 1.23. The zero-order valence-electron chi connectivity index (χ0n) is 10.6. The third-order valence-corrected chi connectivity index (χ3v) is 2.34. The molecule has 1 aromatic carbocycles. The summed E-state index contributed by atoms with van der Waals surface area (Å²) in [4.78, 5) is 11.2. The van der Waals surface area contributed by atoms with Crippen LogP contribution in [-0.2, 0) is 9.53 Å². The van der Waals surface area contributed by atoms with Crippen LogP contribution >= 0.6 is 0 Å². The number of rotatable bonds is 4. The lowest BCUT2D eigenvalue weighted by Gasteiger charge is -2.20. The van der Waals surface area contributed by atoms with Crippen LogP contribution in [0.3, 0.4) is 0 Å². The van der Waals surface area contributed by atoms with Crippen LogP contribution in [0.25, 0.3) is 0 Å². The number of aliphatic hydroxyl groups is 1. The van der Waals surface area contributed by atoms with Crippen molar-refractivity contribution in [1.82, 2.24) is 0 Å². The zero-order valence-corrected chi connectivity index (χ0v) is 10.6. The van der Waals surface area contributed by atoms with E-state index in [0.717, 1.165) is 11.1 Å². The second kappa shape index (κ2) is 5.19. The predicted molar refractivity (Wildman–Crippen MR) is 64.1 cm³/mol. The predicted octanol–water partition coefficient (Wildman–Crippen LogP) is 1.61. The highest BCUT2D eigenvalue weighted by Gasteiger charge is 2.32. The summed E-state index contributed by atoms with van der Waals surface area (Å²) in [6.07, 6.45) is 0. The topological polar surface area (TPSA) is 55.8 Å². The Balaban J connectivity index is 2.70. The second-order valence-electron chi connectivity index (χ2n) is 4.38. The monoisotopic (exact) mass is 238 g/mol. The van der Waals surface area contributed by atoms with Crippen molar-refractivity contribution in [2.75, 3.05) is 13.7 Å². The van der Waals surface area contributed by atoms with Crippen LogP contribution in [0.2, 0.25) is 0 Å². The molecule has 1 unspecified atom stereocenters. The molecule has 4 heteroatoms. The number of ether oxygens (including phenoxy) is 2. The van der Waals surface area contributed by atoms with E-state index >= 15 is 0 Å². The van der Waals surface area contributed by atoms with Crippen molar-refractivity contribution in [2.45, 2.75) is 26.4 Å². The molecule has 1 N–H and O–H groups in total. The second-order valence-corrected chi connectivity index (χ2v) is 4.38. The highest BCUT2D eigenvalue weighted by atomic mass is 16.6. The van der Waals surface area contributed by atoms with E-state index in [0.29, 0.717) is 5.75 Å². The minimum Gasteiger partial charge on any atom is -0.490 e. The van der Waals surface area contributed by atoms with E-state index in [2.05, 4.69) is 4.74 Å². The van der Waals surface area contributed by atoms with E-state index in [1.807, 2.05) is 32.0 Å². The molecule has 0 aliphatic carbocycles. The molecule has 4 nitrogen and oxygen atoms in total. The minimum absolute atomic E-state index is 0.136. The summed E-state index contributed by atoms with van der Waals surface area (Å²) < 4.78 is 9.89. The van der Waals surface area contributed by atoms with Gasteiger partial charge < -0.3 is 14.6 Å². The van der Waals surface area contributed by atoms with Crippen LogP contribution in [0.1, 0.15) is 18.1 Å². The van der Waals surface area contributed by atoms with Crippen molar-refractivity contribution in [3.05, 3.63) is 29.3 Å². The van der Waals surface area contributed by atoms with Crippen molar-refractivity contribution >= 4 is 5.97 Å². The van der Waals surface area contributed by atoms with E-state index in [1.54, 1.807) is 0 Å². The van der Waals surface area contributed by atoms with Gasteiger partial charge in [-0.25, -0.2) is 4.79 Å². The smallest absolute Gasteiger partial charge is 0.341 e. The maximum absolute atomic E-state index is 11.2. The molecule has 17 heavy (non-hydrogen) atoms. The molecular weight excluding hydrogens is 220 g/mol. The molecule has 0 aromatic heterocycles. The van der Waals surface area contributed by atoms with Gasteiger partial charge in [0.15, 0.2) is 5.60 Å². The number of carbonyl (C=O) groups is 1. The SMILES string of the molecule is COC(=O)C(C)(O)COc1cc(C)cc(C)c1. The molecule has 94 valence electrons. The molecule has 0 saturated carbocycles. The Bertz CT molecular complexity index is 390. The molecule has 1 rings (SSSR count). The molecule has 0 bridgehead atoms. The fraction of sp³-hybridized carbons (Fsp3) is 0.462. The summed E-state index contributed by atoms with van der Waals surface area (Å²) in [6.45, 7) is 5.14. The Morgan fingerprint density at radius 1 is 1.29 bits per heavy atom. The first-order valence-corrected chi connectivity index (χ1v) is 5.37. The fourth-order valence-electron chi connectivity index (χ4n) is 1.52. The highest BCUT2D eigenvalue weighted by Crippen LogP contribution is 2.18. The van der Waals surface area contributed by atoms with Crippen molar-refractivity contribution < 1.29 is 19.4 Å². The average molecular weight is 238 g/mol. The van der Waals surface area contributed by atoms with Gasteiger partial charge in [-0.2, -0.15) is 0 Å². The van der Waals surface area contributed by atoms with Gasteiger partial charge >= 0.3 is 5.97 Å². The fourth-order valence-corrected chi connectivity index (χ4v) is 1.52. The molecule has 0 fully saturated rings. The zero-order chi connectivity index (χ0) is 13.1. The number of esters is 1. The van der Waals surface area contributed by atoms with Crippen LogP contribution in [0.15, 0.2) is 18.2 Å². The Hall–Kier alpha value is -1.55. The number of methoxy groups -OCH3 is 1. The summed E-state index contributed by atoms with van der Waals surface area (Å²) >= 11 is 0. The molecule has 0 radical (unpaired) electrons. The van der Waals surface area contributed by atoms with Gasteiger partial charge in [-0.05, 0) is 44.0 Å². The van der Waals surface area contributed by atoms with Crippen molar-refractivity contribution in [1.29, 1.82) is 0 Å². The quantitative estimate of drug-likeness (QED) is 0.810. The van der Waals surface area contributed by atoms with Crippen LogP contribution < -0.4 is 4.74 Å². The third kappa shape index (κ3) is 3.75. The molecule has 1 aromatic rings. The number of hydrogen-bond acceptors (Lipinski definition) is 4. The first-order chi connectivity index (χ1) is 7.85. The largest absolute Gasteiger partial charge is 0.490 e. The summed E-state index contributed by atoms with van der Waals surface area (Å²) in [5.41, 5.74) is 0.502. The Morgan fingerprint density at radius 3 is 2.29 bits per heavy atom. The van der Waals surface area contributed by atoms with Crippen LogP contribution in [-0.4, -0.2) is 30.4 Å². The number of hydrogen-bond donors (Lipinski definition) is 1. The molecule has 0 aliphatic heterocycles. The van der Waals surface area contributed by atoms with Gasteiger partial charge in [0, 0.05) is 0 Å². The van der Waals surface area contributed by atoms with E-state index in [9.17, 15) is 9.90 Å². The third-order valence-electron chi connectivity index (χ3n) is 2.34. The van der Waals surface area contributed by atoms with Gasteiger partial charge in [-0.15, -0.1) is 0 Å². The Kier molecular flexibility index (Phi) is 4.12. The van der Waals surface area contributed by atoms with Crippen LogP contribution in [0.5, 0.6) is 5.75 Å². The van der Waals surface area contributed by atoms with E-state index in [1.165, 1.54) is 14.0 Å². The first-order valence-electron chi connectivity index (χ1n) is 5.37. The van der Waals surface area contributed by atoms with Gasteiger partial charge in [-0.3, -0.25) is 0 Å².